The van der Waals surface area contributed by atoms with Crippen molar-refractivity contribution in [3.63, 3.8) is 0 Å². The third kappa shape index (κ3) is 2.06. The van der Waals surface area contributed by atoms with Crippen LogP contribution in [0.4, 0.5) is 0 Å². The molecule has 0 N–H and O–H groups in total. The summed E-state index contributed by atoms with van der Waals surface area (Å²) in [5, 5.41) is 0. The molecule has 2 heterocycles. The average molecular weight is 229 g/mol. The van der Waals surface area contributed by atoms with Crippen molar-refractivity contribution in [1.82, 2.24) is 4.90 Å². The van der Waals surface area contributed by atoms with Crippen LogP contribution >= 0.6 is 11.8 Å². The molecule has 0 aromatic heterocycles. The number of hydrogen-bond acceptors (Lipinski definition) is 3. The van der Waals surface area contributed by atoms with E-state index in [1.165, 1.54) is 25.0 Å². The summed E-state index contributed by atoms with van der Waals surface area (Å²) in [7, 11) is 0. The number of rotatable bonds is 2. The molecule has 2 aliphatic rings. The molecule has 88 valence electrons. The van der Waals surface area contributed by atoms with E-state index in [9.17, 15) is 0 Å². The van der Waals surface area contributed by atoms with Gasteiger partial charge in [0.25, 0.3) is 0 Å². The van der Waals surface area contributed by atoms with Crippen LogP contribution in [-0.2, 0) is 4.74 Å². The van der Waals surface area contributed by atoms with Crippen molar-refractivity contribution in [2.45, 2.75) is 57.0 Å². The zero-order valence-electron chi connectivity index (χ0n) is 10.2. The lowest BCUT2D eigenvalue weighted by atomic mass is 10.0. The van der Waals surface area contributed by atoms with Crippen molar-refractivity contribution in [1.29, 1.82) is 0 Å². The van der Waals surface area contributed by atoms with E-state index in [1.54, 1.807) is 0 Å². The highest BCUT2D eigenvalue weighted by Crippen LogP contribution is 2.47. The Morgan fingerprint density at radius 2 is 2.07 bits per heavy atom. The molecule has 0 aliphatic carbocycles. The lowest BCUT2D eigenvalue weighted by molar-refractivity contribution is -0.00326. The van der Waals surface area contributed by atoms with E-state index in [-0.39, 0.29) is 0 Å². The summed E-state index contributed by atoms with van der Waals surface area (Å²) in [5.74, 6) is 1.31. The molecule has 15 heavy (non-hydrogen) atoms. The second kappa shape index (κ2) is 4.64. The van der Waals surface area contributed by atoms with Gasteiger partial charge in [-0.2, -0.15) is 0 Å². The van der Waals surface area contributed by atoms with Gasteiger partial charge in [-0.05, 0) is 33.1 Å². The van der Waals surface area contributed by atoms with Crippen LogP contribution in [0.15, 0.2) is 0 Å². The van der Waals surface area contributed by atoms with Crippen LogP contribution in [0.25, 0.3) is 0 Å². The summed E-state index contributed by atoms with van der Waals surface area (Å²) >= 11 is 2.18. The molecule has 0 unspecified atom stereocenters. The predicted octanol–water partition coefficient (Wildman–Crippen LogP) is 2.73. The number of thioether (sulfide) groups is 1. The summed E-state index contributed by atoms with van der Waals surface area (Å²) in [5.41, 5.74) is 0. The van der Waals surface area contributed by atoms with E-state index >= 15 is 0 Å². The van der Waals surface area contributed by atoms with Gasteiger partial charge in [-0.25, -0.2) is 0 Å². The van der Waals surface area contributed by atoms with Crippen LogP contribution in [0, 0.1) is 0 Å². The molecule has 2 nitrogen and oxygen atoms in total. The Balaban J connectivity index is 2.16. The Kier molecular flexibility index (Phi) is 3.63. The highest BCUT2D eigenvalue weighted by atomic mass is 32.2. The van der Waals surface area contributed by atoms with Gasteiger partial charge in [0.2, 0.25) is 0 Å². The minimum Gasteiger partial charge on any atom is -0.381 e. The molecule has 3 heteroatoms. The van der Waals surface area contributed by atoms with Gasteiger partial charge in [-0.15, -0.1) is 11.8 Å². The van der Waals surface area contributed by atoms with E-state index in [2.05, 4.69) is 37.4 Å². The second-order valence-corrected chi connectivity index (χ2v) is 6.31. The third-order valence-electron chi connectivity index (χ3n) is 3.71. The summed E-state index contributed by atoms with van der Waals surface area (Å²) in [6.45, 7) is 8.90. The van der Waals surface area contributed by atoms with Crippen LogP contribution in [0.1, 0.15) is 40.0 Å². The van der Waals surface area contributed by atoms with Gasteiger partial charge in [0.1, 0.15) is 0 Å². The molecular weight excluding hydrogens is 206 g/mol. The van der Waals surface area contributed by atoms with E-state index in [1.807, 2.05) is 0 Å². The minimum atomic E-state index is 0.410. The summed E-state index contributed by atoms with van der Waals surface area (Å²) in [4.78, 5) is 3.17. The molecule has 2 fully saturated rings. The molecule has 0 aromatic rings. The first-order chi connectivity index (χ1) is 7.19. The van der Waals surface area contributed by atoms with Gasteiger partial charge in [0.05, 0.1) is 4.87 Å². The number of nitrogens with zero attached hydrogens (tertiary/aromatic N) is 1. The quantitative estimate of drug-likeness (QED) is 0.722. The van der Waals surface area contributed by atoms with Crippen molar-refractivity contribution >= 4 is 11.8 Å². The molecule has 0 radical (unpaired) electrons. The van der Waals surface area contributed by atoms with Gasteiger partial charge < -0.3 is 4.74 Å². The van der Waals surface area contributed by atoms with Crippen molar-refractivity contribution in [3.8, 4) is 0 Å². The predicted molar refractivity (Wildman–Crippen MR) is 66.3 cm³/mol. The van der Waals surface area contributed by atoms with E-state index in [4.69, 9.17) is 4.74 Å². The maximum absolute atomic E-state index is 5.51. The molecule has 0 bridgehead atoms. The normalized spacial score (nSPS) is 31.6. The number of hydrogen-bond donors (Lipinski definition) is 0. The fourth-order valence-corrected chi connectivity index (χ4v) is 4.90. The Morgan fingerprint density at radius 1 is 1.40 bits per heavy atom. The lowest BCUT2D eigenvalue weighted by Crippen LogP contribution is -2.52. The average Bonchev–Trinajstić information content (AvgIpc) is 2.58. The highest BCUT2D eigenvalue weighted by Gasteiger charge is 2.47. The molecule has 0 saturated carbocycles. The van der Waals surface area contributed by atoms with Crippen LogP contribution in [0.2, 0.25) is 0 Å². The van der Waals surface area contributed by atoms with Crippen LogP contribution in [0.3, 0.4) is 0 Å². The Hall–Kier alpha value is 0.270. The topological polar surface area (TPSA) is 12.5 Å². The molecule has 0 amide bonds. The molecule has 0 aromatic carbocycles. The Morgan fingerprint density at radius 3 is 2.60 bits per heavy atom. The van der Waals surface area contributed by atoms with Crippen molar-refractivity contribution < 1.29 is 4.74 Å². The molecule has 1 atom stereocenters. The van der Waals surface area contributed by atoms with Gasteiger partial charge in [0.15, 0.2) is 0 Å². The van der Waals surface area contributed by atoms with Gasteiger partial charge in [-0.1, -0.05) is 6.92 Å². The highest BCUT2D eigenvalue weighted by molar-refractivity contribution is 8.00. The van der Waals surface area contributed by atoms with Crippen LogP contribution in [0.5, 0.6) is 0 Å². The van der Waals surface area contributed by atoms with Crippen LogP contribution in [-0.4, -0.2) is 40.8 Å². The van der Waals surface area contributed by atoms with Gasteiger partial charge >= 0.3 is 0 Å². The van der Waals surface area contributed by atoms with Crippen molar-refractivity contribution in [3.05, 3.63) is 0 Å². The number of ether oxygens (including phenoxy) is 1. The SMILES string of the molecule is CC[C@@H]1CSC2(CCOCC2)N1C(C)C. The molecular formula is C12H23NOS. The van der Waals surface area contributed by atoms with Crippen molar-refractivity contribution in [2.24, 2.45) is 0 Å². The smallest absolute Gasteiger partial charge is 0.0719 e. The van der Waals surface area contributed by atoms with Gasteiger partial charge in [-0.3, -0.25) is 4.90 Å². The third-order valence-corrected chi connectivity index (χ3v) is 5.42. The minimum absolute atomic E-state index is 0.410. The lowest BCUT2D eigenvalue weighted by Gasteiger charge is -2.44. The first-order valence-electron chi connectivity index (χ1n) is 6.20. The fraction of sp³-hybridized carbons (Fsp3) is 1.00. The molecule has 2 saturated heterocycles. The maximum Gasteiger partial charge on any atom is 0.0719 e. The van der Waals surface area contributed by atoms with E-state index < -0.39 is 0 Å². The summed E-state index contributed by atoms with van der Waals surface area (Å²) < 4.78 is 5.51. The maximum atomic E-state index is 5.51. The Bertz CT molecular complexity index is 214. The molecule has 2 rings (SSSR count). The zero-order valence-corrected chi connectivity index (χ0v) is 11.0. The zero-order chi connectivity index (χ0) is 10.9. The summed E-state index contributed by atoms with van der Waals surface area (Å²) in [6.07, 6.45) is 3.71. The van der Waals surface area contributed by atoms with Gasteiger partial charge in [0, 0.05) is 31.1 Å². The van der Waals surface area contributed by atoms with Crippen LogP contribution < -0.4 is 0 Å². The largest absolute Gasteiger partial charge is 0.381 e. The standard InChI is InChI=1S/C12H23NOS/c1-4-11-9-15-12(13(11)10(2)3)5-7-14-8-6-12/h10-11H,4-9H2,1-3H3/t11-/m1/s1. The van der Waals surface area contributed by atoms with E-state index in [0.29, 0.717) is 10.9 Å². The molecule has 2 aliphatic heterocycles. The second-order valence-electron chi connectivity index (χ2n) is 4.93. The molecule has 1 spiro atoms. The first-order valence-corrected chi connectivity index (χ1v) is 7.18. The summed E-state index contributed by atoms with van der Waals surface area (Å²) in [6, 6.07) is 1.45. The first kappa shape index (κ1) is 11.7. The monoisotopic (exact) mass is 229 g/mol. The van der Waals surface area contributed by atoms with Crippen molar-refractivity contribution in [2.75, 3.05) is 19.0 Å². The van der Waals surface area contributed by atoms with E-state index in [0.717, 1.165) is 19.3 Å². The fourth-order valence-electron chi connectivity index (χ4n) is 3.04. The Labute approximate surface area is 97.7 Å².